The van der Waals surface area contributed by atoms with Gasteiger partial charge in [-0.25, -0.2) is 8.78 Å². The van der Waals surface area contributed by atoms with Gasteiger partial charge in [0.05, 0.1) is 25.0 Å². The third kappa shape index (κ3) is 5.82. The van der Waals surface area contributed by atoms with Crippen molar-refractivity contribution in [3.63, 3.8) is 0 Å². The van der Waals surface area contributed by atoms with Crippen LogP contribution in [0.1, 0.15) is 22.8 Å². The number of aliphatic hydroxyl groups is 1. The molecule has 0 bridgehead atoms. The van der Waals surface area contributed by atoms with Gasteiger partial charge in [0, 0.05) is 43.9 Å². The summed E-state index contributed by atoms with van der Waals surface area (Å²) in [6.45, 7) is 4.70. The van der Waals surface area contributed by atoms with E-state index in [9.17, 15) is 18.7 Å². The Morgan fingerprint density at radius 2 is 1.83 bits per heavy atom. The van der Waals surface area contributed by atoms with E-state index in [1.54, 1.807) is 30.3 Å². The molecule has 0 radical (unpaired) electrons. The molecule has 1 aliphatic rings. The predicted octanol–water partition coefficient (Wildman–Crippen LogP) is 2.87. The summed E-state index contributed by atoms with van der Waals surface area (Å²) in [4.78, 5) is 15.4. The van der Waals surface area contributed by atoms with E-state index in [0.717, 1.165) is 0 Å². The van der Waals surface area contributed by atoms with Gasteiger partial charge in [-0.2, -0.15) is 0 Å². The van der Waals surface area contributed by atoms with Crippen molar-refractivity contribution >= 4 is 11.5 Å². The highest BCUT2D eigenvalue weighted by molar-refractivity contribution is 5.94. The largest absolute Gasteiger partial charge is 0.389 e. The fraction of sp³-hybridized carbons (Fsp3) is 0.409. The smallest absolute Gasteiger partial charge is 0.159 e. The van der Waals surface area contributed by atoms with Gasteiger partial charge in [0.25, 0.3) is 0 Å². The lowest BCUT2D eigenvalue weighted by Crippen LogP contribution is -2.49. The number of carbonyl (C=O) groups is 1. The Balaban J connectivity index is 1.42. The van der Waals surface area contributed by atoms with Gasteiger partial charge in [0.2, 0.25) is 0 Å². The van der Waals surface area contributed by atoms with Gasteiger partial charge in [0.15, 0.2) is 5.78 Å². The van der Waals surface area contributed by atoms with Gasteiger partial charge in [-0.1, -0.05) is 18.2 Å². The molecule has 0 saturated carbocycles. The molecule has 1 saturated heterocycles. The maximum atomic E-state index is 14.3. The highest BCUT2D eigenvalue weighted by Gasteiger charge is 2.21. The summed E-state index contributed by atoms with van der Waals surface area (Å²) in [6, 6.07) is 11.0. The van der Waals surface area contributed by atoms with Gasteiger partial charge in [0.1, 0.15) is 11.6 Å². The Morgan fingerprint density at radius 1 is 1.10 bits per heavy atom. The number of rotatable bonds is 8. The molecule has 0 aliphatic carbocycles. The summed E-state index contributed by atoms with van der Waals surface area (Å²) >= 11 is 0. The van der Waals surface area contributed by atoms with Crippen LogP contribution >= 0.6 is 0 Å². The van der Waals surface area contributed by atoms with Crippen molar-refractivity contribution in [3.05, 3.63) is 65.2 Å². The first kappa shape index (κ1) is 21.4. The summed E-state index contributed by atoms with van der Waals surface area (Å²) in [5, 5.41) is 10.2. The lowest BCUT2D eigenvalue weighted by Gasteiger charge is -2.37. The van der Waals surface area contributed by atoms with Crippen molar-refractivity contribution in [1.29, 1.82) is 0 Å². The molecule has 1 aliphatic heterocycles. The molecule has 2 aromatic rings. The highest BCUT2D eigenvalue weighted by Crippen LogP contribution is 2.22. The molecule has 29 heavy (non-hydrogen) atoms. The Labute approximate surface area is 169 Å². The number of piperazine rings is 1. The minimum absolute atomic E-state index is 0.118. The molecule has 1 atom stereocenters. The van der Waals surface area contributed by atoms with Crippen LogP contribution in [0.3, 0.4) is 0 Å². The molecule has 7 heteroatoms. The molecule has 0 aromatic heterocycles. The van der Waals surface area contributed by atoms with Crippen molar-refractivity contribution < 1.29 is 23.4 Å². The third-order valence-electron chi connectivity index (χ3n) is 5.06. The van der Waals surface area contributed by atoms with Crippen molar-refractivity contribution in [3.8, 4) is 0 Å². The lowest BCUT2D eigenvalue weighted by atomic mass is 10.1. The molecule has 0 spiro atoms. The van der Waals surface area contributed by atoms with E-state index in [-0.39, 0.29) is 24.8 Å². The minimum atomic E-state index is -0.681. The molecule has 3 rings (SSSR count). The molecule has 1 fully saturated rings. The number of halogens is 2. The van der Waals surface area contributed by atoms with Crippen molar-refractivity contribution in [2.24, 2.45) is 0 Å². The maximum absolute atomic E-state index is 14.3. The first-order valence-corrected chi connectivity index (χ1v) is 9.71. The zero-order valence-corrected chi connectivity index (χ0v) is 16.5. The molecular formula is C22H26F2N2O3. The number of anilines is 1. The van der Waals surface area contributed by atoms with E-state index in [4.69, 9.17) is 4.74 Å². The fourth-order valence-corrected chi connectivity index (χ4v) is 3.42. The van der Waals surface area contributed by atoms with Gasteiger partial charge in [-0.05, 0) is 31.2 Å². The normalized spacial score (nSPS) is 16.1. The Morgan fingerprint density at radius 3 is 2.48 bits per heavy atom. The van der Waals surface area contributed by atoms with E-state index in [0.29, 0.717) is 49.5 Å². The molecule has 1 unspecified atom stereocenters. The Bertz CT molecular complexity index is 839. The second-order valence-corrected chi connectivity index (χ2v) is 7.27. The first-order chi connectivity index (χ1) is 13.9. The van der Waals surface area contributed by atoms with Gasteiger partial charge >= 0.3 is 0 Å². The monoisotopic (exact) mass is 404 g/mol. The third-order valence-corrected chi connectivity index (χ3v) is 5.06. The number of Topliss-reactive ketones (excluding diaryl/α,β-unsaturated/α-hetero) is 1. The average molecular weight is 404 g/mol. The highest BCUT2D eigenvalue weighted by atomic mass is 19.1. The van der Waals surface area contributed by atoms with Crippen LogP contribution in [-0.4, -0.2) is 61.2 Å². The fourth-order valence-electron chi connectivity index (χ4n) is 3.42. The van der Waals surface area contributed by atoms with Crippen LogP contribution in [0, 0.1) is 11.6 Å². The molecule has 2 aromatic carbocycles. The summed E-state index contributed by atoms with van der Waals surface area (Å²) in [7, 11) is 0. The molecule has 0 amide bonds. The first-order valence-electron chi connectivity index (χ1n) is 9.71. The van der Waals surface area contributed by atoms with Gasteiger partial charge < -0.3 is 14.7 Å². The van der Waals surface area contributed by atoms with E-state index in [2.05, 4.69) is 4.90 Å². The van der Waals surface area contributed by atoms with Crippen LogP contribution in [0.25, 0.3) is 0 Å². The lowest BCUT2D eigenvalue weighted by molar-refractivity contribution is 0.00837. The molecule has 5 nitrogen and oxygen atoms in total. The Hall–Kier alpha value is -2.35. The van der Waals surface area contributed by atoms with Crippen molar-refractivity contribution in [2.75, 3.05) is 44.2 Å². The van der Waals surface area contributed by atoms with Crippen molar-refractivity contribution in [1.82, 2.24) is 4.90 Å². The van der Waals surface area contributed by atoms with Crippen LogP contribution in [0.2, 0.25) is 0 Å². The second-order valence-electron chi connectivity index (χ2n) is 7.27. The minimum Gasteiger partial charge on any atom is -0.389 e. The zero-order valence-electron chi connectivity index (χ0n) is 16.5. The number of β-amino-alcohol motifs (C(OH)–C–C–N with tert-alkyl or cyclic N) is 1. The summed E-state index contributed by atoms with van der Waals surface area (Å²) in [6.07, 6.45) is -0.681. The average Bonchev–Trinajstić information content (AvgIpc) is 2.70. The van der Waals surface area contributed by atoms with Crippen molar-refractivity contribution in [2.45, 2.75) is 19.6 Å². The van der Waals surface area contributed by atoms with Crippen LogP contribution in [0.15, 0.2) is 42.5 Å². The number of carbonyl (C=O) groups excluding carboxylic acids is 1. The topological polar surface area (TPSA) is 53.0 Å². The molecule has 1 N–H and O–H groups in total. The SMILES string of the molecule is CC(=O)c1ccc(N2CCN(CC(O)COCc3ccccc3F)CC2)c(F)c1. The summed E-state index contributed by atoms with van der Waals surface area (Å²) in [5.74, 6) is -0.874. The molecule has 1 heterocycles. The van der Waals surface area contributed by atoms with E-state index >= 15 is 0 Å². The Kier molecular flexibility index (Phi) is 7.30. The van der Waals surface area contributed by atoms with Crippen LogP contribution in [-0.2, 0) is 11.3 Å². The van der Waals surface area contributed by atoms with Crippen LogP contribution < -0.4 is 4.90 Å². The van der Waals surface area contributed by atoms with E-state index in [1.165, 1.54) is 19.1 Å². The summed E-state index contributed by atoms with van der Waals surface area (Å²) in [5.41, 5.74) is 1.32. The zero-order chi connectivity index (χ0) is 20.8. The number of aliphatic hydroxyl groups excluding tert-OH is 1. The second kappa shape index (κ2) is 9.91. The van der Waals surface area contributed by atoms with Gasteiger partial charge in [-0.15, -0.1) is 0 Å². The van der Waals surface area contributed by atoms with E-state index < -0.39 is 11.9 Å². The van der Waals surface area contributed by atoms with Crippen LogP contribution in [0.5, 0.6) is 0 Å². The molecular weight excluding hydrogens is 378 g/mol. The summed E-state index contributed by atoms with van der Waals surface area (Å²) < 4.78 is 33.3. The van der Waals surface area contributed by atoms with Crippen LogP contribution in [0.4, 0.5) is 14.5 Å². The quantitative estimate of drug-likeness (QED) is 0.686. The van der Waals surface area contributed by atoms with Gasteiger partial charge in [-0.3, -0.25) is 9.69 Å². The predicted molar refractivity (Wildman–Crippen MR) is 107 cm³/mol. The molecule has 156 valence electrons. The maximum Gasteiger partial charge on any atom is 0.159 e. The standard InChI is InChI=1S/C22H26F2N2O3/c1-16(27)17-6-7-22(21(24)12-17)26-10-8-25(9-11-26)13-19(28)15-29-14-18-4-2-3-5-20(18)23/h2-7,12,19,28H,8-11,13-15H2,1H3. The number of benzene rings is 2. The number of hydrogen-bond acceptors (Lipinski definition) is 5. The number of ether oxygens (including phenoxy) is 1. The number of ketones is 1. The number of hydrogen-bond donors (Lipinski definition) is 1. The van der Waals surface area contributed by atoms with E-state index in [1.807, 2.05) is 4.90 Å². The number of nitrogens with zero attached hydrogens (tertiary/aromatic N) is 2.